The molecule has 3 atom stereocenters. The number of aromatic hydroxyl groups is 7. The van der Waals surface area contributed by atoms with E-state index >= 15 is 0 Å². The first-order valence-corrected chi connectivity index (χ1v) is 42.9. The van der Waals surface area contributed by atoms with E-state index in [1.54, 1.807) is 60.7 Å². The van der Waals surface area contributed by atoms with Gasteiger partial charge in [0.1, 0.15) is 40.2 Å². The average molecular weight is 1650 g/mol. The summed E-state index contributed by atoms with van der Waals surface area (Å²) in [5.74, 6) is 1.98. The van der Waals surface area contributed by atoms with Gasteiger partial charge in [-0.3, -0.25) is 0 Å². The Labute approximate surface area is 741 Å². The highest BCUT2D eigenvalue weighted by Crippen LogP contribution is 2.49. The molecular formula is C118H118O7. The fourth-order valence-electron chi connectivity index (χ4n) is 17.3. The van der Waals surface area contributed by atoms with Crippen LogP contribution in [0.3, 0.4) is 0 Å². The first kappa shape index (κ1) is 90.4. The summed E-state index contributed by atoms with van der Waals surface area (Å²) in [4.78, 5) is 0. The lowest BCUT2D eigenvalue weighted by Crippen LogP contribution is -2.30. The summed E-state index contributed by atoms with van der Waals surface area (Å²) in [5.41, 5.74) is 25.0. The van der Waals surface area contributed by atoms with Gasteiger partial charge in [-0.2, -0.15) is 0 Å². The number of hydrogen-bond acceptors (Lipinski definition) is 7. The van der Waals surface area contributed by atoms with Gasteiger partial charge < -0.3 is 35.7 Å². The molecule has 0 bridgehead atoms. The fourth-order valence-corrected chi connectivity index (χ4v) is 17.3. The maximum absolute atomic E-state index is 10.6. The third kappa shape index (κ3) is 20.1. The summed E-state index contributed by atoms with van der Waals surface area (Å²) in [7, 11) is 0. The van der Waals surface area contributed by atoms with Gasteiger partial charge in [-0.25, -0.2) is 0 Å². The van der Waals surface area contributed by atoms with Crippen LogP contribution >= 0.6 is 0 Å². The van der Waals surface area contributed by atoms with Crippen LogP contribution in [0.2, 0.25) is 0 Å². The summed E-state index contributed by atoms with van der Waals surface area (Å²) in [6, 6.07) is 134. The topological polar surface area (TPSA) is 142 Å². The minimum Gasteiger partial charge on any atom is -0.508 e. The molecule has 0 spiro atoms. The monoisotopic (exact) mass is 1650 g/mol. The van der Waals surface area contributed by atoms with Crippen molar-refractivity contribution in [1.82, 2.24) is 0 Å². The van der Waals surface area contributed by atoms with Crippen molar-refractivity contribution in [2.75, 3.05) is 0 Å². The molecule has 0 saturated heterocycles. The Morgan fingerprint density at radius 2 is 0.352 bits per heavy atom. The summed E-state index contributed by atoms with van der Waals surface area (Å²) < 4.78 is 0. The van der Waals surface area contributed by atoms with Crippen molar-refractivity contribution < 1.29 is 35.7 Å². The van der Waals surface area contributed by atoms with Crippen molar-refractivity contribution in [3.63, 3.8) is 0 Å². The predicted octanol–water partition coefficient (Wildman–Crippen LogP) is 28.3. The first-order valence-electron chi connectivity index (χ1n) is 42.9. The van der Waals surface area contributed by atoms with Gasteiger partial charge in [0.2, 0.25) is 0 Å². The molecule has 16 rings (SSSR count). The van der Waals surface area contributed by atoms with Crippen LogP contribution < -0.4 is 0 Å². The van der Waals surface area contributed by atoms with Crippen molar-refractivity contribution in [1.29, 1.82) is 0 Å². The maximum atomic E-state index is 10.6. The van der Waals surface area contributed by atoms with Gasteiger partial charge in [0.05, 0.1) is 5.41 Å². The highest BCUT2D eigenvalue weighted by Gasteiger charge is 2.40. The molecule has 7 N–H and O–H groups in total. The number of aryl methyl sites for hydroxylation is 5. The molecule has 0 heterocycles. The van der Waals surface area contributed by atoms with Gasteiger partial charge in [0.15, 0.2) is 0 Å². The van der Waals surface area contributed by atoms with Crippen LogP contribution in [-0.2, 0) is 37.9 Å². The zero-order valence-corrected chi connectivity index (χ0v) is 74.7. The molecular weight excluding hydrogens is 1530 g/mol. The zero-order chi connectivity index (χ0) is 89.5. The van der Waals surface area contributed by atoms with E-state index in [4.69, 9.17) is 0 Å². The Hall–Kier alpha value is -13.9. The molecule has 0 aliphatic heterocycles. The zero-order valence-electron chi connectivity index (χ0n) is 74.7. The Balaban J connectivity index is 0.000000143. The second-order valence-electron chi connectivity index (χ2n) is 35.7. The Kier molecular flexibility index (Phi) is 28.0. The second-order valence-corrected chi connectivity index (χ2v) is 35.7. The van der Waals surface area contributed by atoms with E-state index in [1.807, 2.05) is 122 Å². The standard InChI is InChI=1S/C29H36O.C26H22O.2C21H20O2.C21H20O/c1-20-14-15-22(18-24(20)27(2,3)4)29(8,21-12-10-9-11-13-21)23-16-17-26(30)25(19-23)28(5,6)7;1-20-12-14-23(15-13-20)26(21-8-4-2-5-9-21,22-10-6-3-7-11-22)24-16-18-25(27)19-17-24;1-15-3-5-16(6-4-15)21(2,17-7-11-19(22)12-8-17)18-9-13-20(23)14-10-18;1-15-8-9-18(14-20(15)23)21(2,16-6-4-3-5-7-16)17-10-12-19(22)13-11-17;1-16-8-10-18(11-9-16)21(2,17-6-4-3-5-7-17)19-12-14-20(22)15-13-19/h9-19,30H,1-8H3;2-19,27H,1H3;2*3-14,22-23H,1-2H3;3-15,22H,1-2H3. The molecule has 0 aliphatic carbocycles. The van der Waals surface area contributed by atoms with Crippen LogP contribution in [-0.4, -0.2) is 35.7 Å². The molecule has 0 radical (unpaired) electrons. The molecule has 0 aliphatic rings. The molecule has 16 aromatic rings. The van der Waals surface area contributed by atoms with Crippen LogP contribution in [0, 0.1) is 34.6 Å². The number of phenolic OH excluding ortho intramolecular Hbond substituents is 7. The summed E-state index contributed by atoms with van der Waals surface area (Å²) in [6.45, 7) is 32.5. The minimum atomic E-state index is -0.454. The maximum Gasteiger partial charge on any atom is 0.119 e. The van der Waals surface area contributed by atoms with Crippen molar-refractivity contribution in [3.05, 3.63) is 528 Å². The molecule has 0 amide bonds. The fraction of sp³-hybridized carbons (Fsp3) is 0.186. The lowest BCUT2D eigenvalue weighted by atomic mass is 9.65. The lowest BCUT2D eigenvalue weighted by Gasteiger charge is -2.37. The van der Waals surface area contributed by atoms with Gasteiger partial charge in [0.25, 0.3) is 0 Å². The number of phenols is 7. The van der Waals surface area contributed by atoms with E-state index < -0.39 is 10.8 Å². The van der Waals surface area contributed by atoms with Crippen LogP contribution in [0.25, 0.3) is 0 Å². The van der Waals surface area contributed by atoms with Gasteiger partial charge in [0, 0.05) is 21.7 Å². The summed E-state index contributed by atoms with van der Waals surface area (Å²) in [6.07, 6.45) is 0. The smallest absolute Gasteiger partial charge is 0.119 e. The van der Waals surface area contributed by atoms with Crippen LogP contribution in [0.4, 0.5) is 0 Å². The number of hydrogen-bond donors (Lipinski definition) is 7. The van der Waals surface area contributed by atoms with Crippen LogP contribution in [0.5, 0.6) is 40.2 Å². The molecule has 7 heteroatoms. The molecule has 632 valence electrons. The van der Waals surface area contributed by atoms with Crippen molar-refractivity contribution in [2.45, 2.75) is 142 Å². The molecule has 3 unspecified atom stereocenters. The van der Waals surface area contributed by atoms with E-state index in [1.165, 1.54) is 83.5 Å². The van der Waals surface area contributed by atoms with E-state index in [9.17, 15) is 35.7 Å². The molecule has 0 fully saturated rings. The largest absolute Gasteiger partial charge is 0.508 e. The van der Waals surface area contributed by atoms with Crippen molar-refractivity contribution >= 4 is 0 Å². The molecule has 125 heavy (non-hydrogen) atoms. The van der Waals surface area contributed by atoms with E-state index in [0.717, 1.165) is 44.5 Å². The molecule has 0 saturated carbocycles. The van der Waals surface area contributed by atoms with Crippen LogP contribution in [0.15, 0.2) is 400 Å². The van der Waals surface area contributed by atoms with E-state index in [-0.39, 0.29) is 50.1 Å². The quantitative estimate of drug-likeness (QED) is 0.0478. The molecule has 7 nitrogen and oxygen atoms in total. The molecule has 16 aromatic carbocycles. The Morgan fingerprint density at radius 1 is 0.160 bits per heavy atom. The third-order valence-electron chi connectivity index (χ3n) is 25.1. The molecule has 0 aromatic heterocycles. The van der Waals surface area contributed by atoms with Gasteiger partial charge in [-0.1, -0.05) is 386 Å². The highest BCUT2D eigenvalue weighted by atomic mass is 16.3. The summed E-state index contributed by atoms with van der Waals surface area (Å²) in [5, 5.41) is 69.0. The highest BCUT2D eigenvalue weighted by molar-refractivity contribution is 5.63. The average Bonchev–Trinajstić information content (AvgIpc) is 0.738. The van der Waals surface area contributed by atoms with Gasteiger partial charge in [-0.15, -0.1) is 0 Å². The Bertz CT molecular complexity index is 5830. The summed E-state index contributed by atoms with van der Waals surface area (Å²) >= 11 is 0. The third-order valence-corrected chi connectivity index (χ3v) is 25.1. The Morgan fingerprint density at radius 3 is 0.632 bits per heavy atom. The SMILES string of the molecule is Cc1ccc(C(C)(c2ccc(O)cc2)c2ccc(O)cc2)cc1.Cc1ccc(C(C)(c2ccccc2)c2ccc(O)c(C(C)(C)C)c2)cc1C(C)(C)C.Cc1ccc(C(C)(c2ccccc2)c2ccc(O)cc2)cc1.Cc1ccc(C(C)(c2ccccc2)c2ccc(O)cc2)cc1O.Cc1ccc(C(c2ccccc2)(c2ccccc2)c2ccc(O)cc2)cc1. The van der Waals surface area contributed by atoms with E-state index in [2.05, 4.69) is 321 Å². The van der Waals surface area contributed by atoms with Crippen molar-refractivity contribution in [3.8, 4) is 40.2 Å². The number of benzene rings is 16. The lowest BCUT2D eigenvalue weighted by molar-refractivity contribution is 0.445. The van der Waals surface area contributed by atoms with Crippen molar-refractivity contribution in [2.24, 2.45) is 0 Å². The normalized spacial score (nSPS) is 12.9. The first-order chi connectivity index (χ1) is 59.7. The van der Waals surface area contributed by atoms with Gasteiger partial charge >= 0.3 is 0 Å². The number of rotatable bonds is 16. The van der Waals surface area contributed by atoms with E-state index in [0.29, 0.717) is 17.2 Å². The predicted molar refractivity (Wildman–Crippen MR) is 517 cm³/mol. The minimum absolute atomic E-state index is 0.0726. The van der Waals surface area contributed by atoms with Crippen LogP contribution in [0.1, 0.15) is 197 Å². The van der Waals surface area contributed by atoms with Gasteiger partial charge in [-0.05, 0) is 257 Å². The second kappa shape index (κ2) is 38.7.